The summed E-state index contributed by atoms with van der Waals surface area (Å²) in [5.41, 5.74) is 0.964. The Morgan fingerprint density at radius 3 is 2.96 bits per heavy atom. The number of pyridine rings is 1. The van der Waals surface area contributed by atoms with E-state index in [4.69, 9.17) is 21.4 Å². The number of ether oxygens (including phenoxy) is 1. The van der Waals surface area contributed by atoms with E-state index in [1.165, 1.54) is 0 Å². The van der Waals surface area contributed by atoms with Crippen LogP contribution >= 0.6 is 12.2 Å². The fourth-order valence-corrected chi connectivity index (χ4v) is 3.69. The molecule has 0 spiro atoms. The summed E-state index contributed by atoms with van der Waals surface area (Å²) >= 11 is 5.59. The second kappa shape index (κ2) is 6.29. The van der Waals surface area contributed by atoms with Gasteiger partial charge in [-0.15, -0.1) is 0 Å². The maximum atomic E-state index is 5.79. The number of furan rings is 1. The van der Waals surface area contributed by atoms with Crippen molar-refractivity contribution in [1.82, 2.24) is 15.2 Å². The van der Waals surface area contributed by atoms with E-state index < -0.39 is 0 Å². The van der Waals surface area contributed by atoms with Gasteiger partial charge in [-0.3, -0.25) is 4.98 Å². The number of aromatic nitrogens is 1. The molecule has 120 valence electrons. The van der Waals surface area contributed by atoms with E-state index in [2.05, 4.69) is 15.2 Å². The van der Waals surface area contributed by atoms with Crippen LogP contribution in [0.3, 0.4) is 0 Å². The Bertz CT molecular complexity index is 656. The van der Waals surface area contributed by atoms with Gasteiger partial charge in [-0.05, 0) is 49.3 Å². The number of nitrogens with one attached hydrogen (secondary N) is 1. The molecule has 0 radical (unpaired) electrons. The van der Waals surface area contributed by atoms with E-state index in [0.717, 1.165) is 42.6 Å². The zero-order valence-corrected chi connectivity index (χ0v) is 13.5. The molecular formula is C17H19N3O2S. The van der Waals surface area contributed by atoms with Crippen molar-refractivity contribution in [3.8, 4) is 0 Å². The average molecular weight is 329 g/mol. The lowest BCUT2D eigenvalue weighted by molar-refractivity contribution is 0.0817. The summed E-state index contributed by atoms with van der Waals surface area (Å²) in [7, 11) is 0. The second-order valence-electron chi connectivity index (χ2n) is 5.93. The molecule has 0 unspecified atom stereocenters. The first-order valence-corrected chi connectivity index (χ1v) is 8.37. The highest BCUT2D eigenvalue weighted by Crippen LogP contribution is 2.39. The predicted octanol–water partition coefficient (Wildman–Crippen LogP) is 2.83. The monoisotopic (exact) mass is 329 g/mol. The summed E-state index contributed by atoms with van der Waals surface area (Å²) in [4.78, 5) is 6.68. The lowest BCUT2D eigenvalue weighted by atomic mass is 10.0. The van der Waals surface area contributed by atoms with E-state index in [-0.39, 0.29) is 18.2 Å². The Morgan fingerprint density at radius 2 is 2.26 bits per heavy atom. The van der Waals surface area contributed by atoms with Crippen molar-refractivity contribution in [2.75, 3.05) is 13.2 Å². The van der Waals surface area contributed by atoms with E-state index in [1.54, 1.807) is 6.26 Å². The summed E-state index contributed by atoms with van der Waals surface area (Å²) in [6.07, 6.45) is 5.94. The lowest BCUT2D eigenvalue weighted by Gasteiger charge is -2.28. The Labute approximate surface area is 140 Å². The van der Waals surface area contributed by atoms with E-state index in [9.17, 15) is 0 Å². The average Bonchev–Trinajstić information content (AvgIpc) is 3.31. The largest absolute Gasteiger partial charge is 0.467 e. The van der Waals surface area contributed by atoms with Crippen molar-refractivity contribution in [2.24, 2.45) is 0 Å². The standard InChI is InChI=1S/C17H19N3O2S/c23-17-19-15(13-6-1-2-8-18-13)16(14-7-4-10-22-14)20(17)11-12-5-3-9-21-12/h1-2,4,6-8,10,12,15-16H,3,5,9,11H2,(H,19,23)/t12-,15+,16+/m0/s1. The molecule has 2 aromatic heterocycles. The second-order valence-corrected chi connectivity index (χ2v) is 6.32. The highest BCUT2D eigenvalue weighted by Gasteiger charge is 2.42. The number of thiocarbonyl (C=S) groups is 1. The third-order valence-electron chi connectivity index (χ3n) is 4.46. The van der Waals surface area contributed by atoms with Gasteiger partial charge in [-0.1, -0.05) is 6.07 Å². The highest BCUT2D eigenvalue weighted by atomic mass is 32.1. The van der Waals surface area contributed by atoms with Gasteiger partial charge in [0.1, 0.15) is 11.8 Å². The molecule has 6 heteroatoms. The predicted molar refractivity (Wildman–Crippen MR) is 89.8 cm³/mol. The lowest BCUT2D eigenvalue weighted by Crippen LogP contribution is -2.36. The quantitative estimate of drug-likeness (QED) is 0.871. The van der Waals surface area contributed by atoms with Crippen LogP contribution < -0.4 is 5.32 Å². The first kappa shape index (κ1) is 14.7. The number of nitrogens with zero attached hydrogens (tertiary/aromatic N) is 2. The number of rotatable bonds is 4. The van der Waals surface area contributed by atoms with Crippen LogP contribution in [0.2, 0.25) is 0 Å². The van der Waals surface area contributed by atoms with Crippen LogP contribution in [-0.2, 0) is 4.74 Å². The maximum Gasteiger partial charge on any atom is 0.170 e. The van der Waals surface area contributed by atoms with Gasteiger partial charge in [-0.25, -0.2) is 0 Å². The third kappa shape index (κ3) is 2.84. The van der Waals surface area contributed by atoms with Gasteiger partial charge in [-0.2, -0.15) is 0 Å². The van der Waals surface area contributed by atoms with Gasteiger partial charge in [0.05, 0.1) is 24.1 Å². The van der Waals surface area contributed by atoms with E-state index >= 15 is 0 Å². The molecule has 3 atom stereocenters. The number of hydrogen-bond donors (Lipinski definition) is 1. The van der Waals surface area contributed by atoms with Crippen LogP contribution in [0.25, 0.3) is 0 Å². The minimum absolute atomic E-state index is 0.00315. The first-order chi connectivity index (χ1) is 11.3. The molecule has 2 aliphatic heterocycles. The smallest absolute Gasteiger partial charge is 0.170 e. The Kier molecular flexibility index (Phi) is 4.01. The normalized spacial score (nSPS) is 27.4. The van der Waals surface area contributed by atoms with Crippen LogP contribution in [0.1, 0.15) is 36.4 Å². The van der Waals surface area contributed by atoms with Crippen molar-refractivity contribution < 1.29 is 9.15 Å². The molecular weight excluding hydrogens is 310 g/mol. The summed E-state index contributed by atoms with van der Waals surface area (Å²) < 4.78 is 11.5. The highest BCUT2D eigenvalue weighted by molar-refractivity contribution is 7.80. The zero-order valence-electron chi connectivity index (χ0n) is 12.7. The minimum Gasteiger partial charge on any atom is -0.467 e. The zero-order chi connectivity index (χ0) is 15.6. The van der Waals surface area contributed by atoms with Crippen LogP contribution in [0.15, 0.2) is 47.2 Å². The van der Waals surface area contributed by atoms with Crippen LogP contribution in [0, 0.1) is 0 Å². The first-order valence-electron chi connectivity index (χ1n) is 7.96. The summed E-state index contributed by atoms with van der Waals surface area (Å²) in [6.45, 7) is 1.62. The SMILES string of the molecule is S=C1N[C@H](c2ccccn2)[C@@H](c2ccco2)N1C[C@@H]1CCCO1. The van der Waals surface area contributed by atoms with Crippen LogP contribution in [-0.4, -0.2) is 34.3 Å². The minimum atomic E-state index is -0.0174. The van der Waals surface area contributed by atoms with Gasteiger partial charge < -0.3 is 19.4 Å². The molecule has 2 aromatic rings. The topological polar surface area (TPSA) is 50.5 Å². The molecule has 0 amide bonds. The van der Waals surface area contributed by atoms with Gasteiger partial charge in [0.15, 0.2) is 5.11 Å². The molecule has 2 aliphatic rings. The molecule has 2 fully saturated rings. The third-order valence-corrected chi connectivity index (χ3v) is 4.81. The molecule has 1 N–H and O–H groups in total. The molecule has 2 saturated heterocycles. The van der Waals surface area contributed by atoms with Gasteiger partial charge in [0.25, 0.3) is 0 Å². The van der Waals surface area contributed by atoms with E-state index in [1.807, 2.05) is 36.5 Å². The van der Waals surface area contributed by atoms with Crippen molar-refractivity contribution in [3.05, 3.63) is 54.2 Å². The van der Waals surface area contributed by atoms with E-state index in [0.29, 0.717) is 0 Å². The Balaban J connectivity index is 1.66. The molecule has 0 saturated carbocycles. The van der Waals surface area contributed by atoms with Crippen molar-refractivity contribution >= 4 is 17.3 Å². The molecule has 23 heavy (non-hydrogen) atoms. The molecule has 4 rings (SSSR count). The summed E-state index contributed by atoms with van der Waals surface area (Å²) in [6, 6.07) is 9.83. The molecule has 0 aliphatic carbocycles. The van der Waals surface area contributed by atoms with Crippen LogP contribution in [0.4, 0.5) is 0 Å². The van der Waals surface area contributed by atoms with Crippen molar-refractivity contribution in [3.63, 3.8) is 0 Å². The van der Waals surface area contributed by atoms with Crippen molar-refractivity contribution in [1.29, 1.82) is 0 Å². The molecule has 0 aromatic carbocycles. The number of hydrogen-bond acceptors (Lipinski definition) is 4. The van der Waals surface area contributed by atoms with Gasteiger partial charge in [0.2, 0.25) is 0 Å². The summed E-state index contributed by atoms with van der Waals surface area (Å²) in [5, 5.41) is 4.15. The Morgan fingerprint density at radius 1 is 1.30 bits per heavy atom. The molecule has 4 heterocycles. The van der Waals surface area contributed by atoms with Crippen LogP contribution in [0.5, 0.6) is 0 Å². The van der Waals surface area contributed by atoms with Gasteiger partial charge >= 0.3 is 0 Å². The van der Waals surface area contributed by atoms with Gasteiger partial charge in [0, 0.05) is 19.3 Å². The fourth-order valence-electron chi connectivity index (χ4n) is 3.38. The van der Waals surface area contributed by atoms with Crippen molar-refractivity contribution in [2.45, 2.75) is 31.0 Å². The molecule has 0 bridgehead atoms. The molecule has 5 nitrogen and oxygen atoms in total. The maximum absolute atomic E-state index is 5.79. The summed E-state index contributed by atoms with van der Waals surface area (Å²) in [5.74, 6) is 0.894. The fraction of sp³-hybridized carbons (Fsp3) is 0.412. The Hall–Kier alpha value is -1.92.